The van der Waals surface area contributed by atoms with Crippen LogP contribution in [0.1, 0.15) is 39.7 Å². The SMILES string of the molecule is CCOC(=O)[C@@H]1[C@@H](C(C)CC)N(C(=O)OCc2ccccc2)OC1(C)O. The number of carbonyl (C=O) groups excluding carboxylic acids is 2. The zero-order valence-electron chi connectivity index (χ0n) is 15.7. The Morgan fingerprint density at radius 2 is 1.92 bits per heavy atom. The Morgan fingerprint density at radius 1 is 1.27 bits per heavy atom. The summed E-state index contributed by atoms with van der Waals surface area (Å²) in [5.41, 5.74) is 0.828. The molecule has 144 valence electrons. The number of hydrogen-bond acceptors (Lipinski definition) is 6. The summed E-state index contributed by atoms with van der Waals surface area (Å²) in [6.45, 7) is 7.11. The van der Waals surface area contributed by atoms with Crippen LogP contribution in [-0.4, -0.2) is 40.7 Å². The van der Waals surface area contributed by atoms with Gasteiger partial charge in [-0.05, 0) is 25.3 Å². The Morgan fingerprint density at radius 3 is 2.50 bits per heavy atom. The van der Waals surface area contributed by atoms with Crippen molar-refractivity contribution in [2.24, 2.45) is 11.8 Å². The molecule has 0 aromatic heterocycles. The topological polar surface area (TPSA) is 85.3 Å². The molecular weight excluding hydrogens is 338 g/mol. The highest BCUT2D eigenvalue weighted by Gasteiger charge is 2.59. The number of benzene rings is 1. The monoisotopic (exact) mass is 365 g/mol. The van der Waals surface area contributed by atoms with Gasteiger partial charge in [0.05, 0.1) is 12.6 Å². The summed E-state index contributed by atoms with van der Waals surface area (Å²) in [6, 6.07) is 8.55. The fraction of sp³-hybridized carbons (Fsp3) is 0.579. The van der Waals surface area contributed by atoms with E-state index in [4.69, 9.17) is 14.3 Å². The van der Waals surface area contributed by atoms with E-state index in [2.05, 4.69) is 0 Å². The molecule has 0 bridgehead atoms. The lowest BCUT2D eigenvalue weighted by molar-refractivity contribution is -0.270. The Labute approximate surface area is 153 Å². The van der Waals surface area contributed by atoms with E-state index in [1.807, 2.05) is 44.2 Å². The summed E-state index contributed by atoms with van der Waals surface area (Å²) in [6.07, 6.45) is -0.0612. The number of carbonyl (C=O) groups is 2. The quantitative estimate of drug-likeness (QED) is 0.780. The van der Waals surface area contributed by atoms with Crippen LogP contribution in [0.25, 0.3) is 0 Å². The lowest BCUT2D eigenvalue weighted by Crippen LogP contribution is -2.46. The largest absolute Gasteiger partial charge is 0.466 e. The highest BCUT2D eigenvalue weighted by molar-refractivity contribution is 5.77. The summed E-state index contributed by atoms with van der Waals surface area (Å²) < 4.78 is 10.4. The third-order valence-electron chi connectivity index (χ3n) is 4.63. The molecule has 1 aromatic rings. The Bertz CT molecular complexity index is 618. The van der Waals surface area contributed by atoms with Gasteiger partial charge in [-0.15, -0.1) is 0 Å². The van der Waals surface area contributed by atoms with E-state index in [0.717, 1.165) is 10.6 Å². The van der Waals surface area contributed by atoms with Gasteiger partial charge in [-0.25, -0.2) is 9.63 Å². The van der Waals surface area contributed by atoms with E-state index in [-0.39, 0.29) is 19.1 Å². The third-order valence-corrected chi connectivity index (χ3v) is 4.63. The summed E-state index contributed by atoms with van der Waals surface area (Å²) in [7, 11) is 0. The maximum atomic E-state index is 12.6. The average Bonchev–Trinajstić information content (AvgIpc) is 2.91. The zero-order chi connectivity index (χ0) is 19.3. The number of aliphatic hydroxyl groups is 1. The molecule has 1 N–H and O–H groups in total. The highest BCUT2D eigenvalue weighted by atomic mass is 16.8. The maximum Gasteiger partial charge on any atom is 0.434 e. The molecule has 0 spiro atoms. The summed E-state index contributed by atoms with van der Waals surface area (Å²) in [5, 5.41) is 11.6. The molecule has 1 aromatic carbocycles. The maximum absolute atomic E-state index is 12.6. The molecule has 2 rings (SSSR count). The number of hydroxylamine groups is 2. The van der Waals surface area contributed by atoms with Crippen LogP contribution in [0.5, 0.6) is 0 Å². The summed E-state index contributed by atoms with van der Waals surface area (Å²) >= 11 is 0. The van der Waals surface area contributed by atoms with Crippen LogP contribution in [-0.2, 0) is 25.7 Å². The van der Waals surface area contributed by atoms with Crippen molar-refractivity contribution in [2.45, 2.75) is 52.6 Å². The van der Waals surface area contributed by atoms with Crippen molar-refractivity contribution < 1.29 is 29.0 Å². The predicted octanol–water partition coefficient (Wildman–Crippen LogP) is 2.87. The van der Waals surface area contributed by atoms with Gasteiger partial charge >= 0.3 is 12.1 Å². The fourth-order valence-corrected chi connectivity index (χ4v) is 3.10. The second kappa shape index (κ2) is 8.51. The van der Waals surface area contributed by atoms with Gasteiger partial charge in [0.15, 0.2) is 0 Å². The third kappa shape index (κ3) is 4.34. The van der Waals surface area contributed by atoms with Gasteiger partial charge in [0.1, 0.15) is 12.5 Å². The number of ether oxygens (including phenoxy) is 2. The lowest BCUT2D eigenvalue weighted by atomic mass is 9.84. The molecule has 2 unspecified atom stereocenters. The van der Waals surface area contributed by atoms with Crippen molar-refractivity contribution >= 4 is 12.1 Å². The number of nitrogens with zero attached hydrogens (tertiary/aromatic N) is 1. The minimum Gasteiger partial charge on any atom is -0.466 e. The normalized spacial score (nSPS) is 26.4. The molecular formula is C19H27NO6. The van der Waals surface area contributed by atoms with Crippen molar-refractivity contribution in [2.75, 3.05) is 6.61 Å². The van der Waals surface area contributed by atoms with Crippen molar-refractivity contribution in [3.63, 3.8) is 0 Å². The van der Waals surface area contributed by atoms with Crippen LogP contribution in [0.2, 0.25) is 0 Å². The first-order valence-corrected chi connectivity index (χ1v) is 8.89. The van der Waals surface area contributed by atoms with E-state index in [0.29, 0.717) is 6.42 Å². The van der Waals surface area contributed by atoms with Crippen LogP contribution in [0.15, 0.2) is 30.3 Å². The smallest absolute Gasteiger partial charge is 0.434 e. The summed E-state index contributed by atoms with van der Waals surface area (Å²) in [4.78, 5) is 30.4. The van der Waals surface area contributed by atoms with E-state index in [9.17, 15) is 14.7 Å². The van der Waals surface area contributed by atoms with E-state index in [1.165, 1.54) is 6.92 Å². The molecule has 1 aliphatic heterocycles. The molecule has 26 heavy (non-hydrogen) atoms. The molecule has 1 amide bonds. The second-order valence-electron chi connectivity index (χ2n) is 6.62. The molecule has 1 aliphatic rings. The first-order valence-electron chi connectivity index (χ1n) is 8.89. The van der Waals surface area contributed by atoms with Gasteiger partial charge in [0.2, 0.25) is 5.79 Å². The number of esters is 1. The van der Waals surface area contributed by atoms with Crippen LogP contribution in [0.4, 0.5) is 4.79 Å². The van der Waals surface area contributed by atoms with Crippen molar-refractivity contribution in [1.29, 1.82) is 0 Å². The van der Waals surface area contributed by atoms with Gasteiger partial charge in [-0.1, -0.05) is 50.6 Å². The highest BCUT2D eigenvalue weighted by Crippen LogP contribution is 2.40. The molecule has 0 saturated carbocycles. The Kier molecular flexibility index (Phi) is 6.61. The van der Waals surface area contributed by atoms with Crippen LogP contribution < -0.4 is 0 Å². The van der Waals surface area contributed by atoms with Gasteiger partial charge < -0.3 is 14.6 Å². The van der Waals surface area contributed by atoms with E-state index < -0.39 is 29.8 Å². The van der Waals surface area contributed by atoms with Gasteiger partial charge in [0.25, 0.3) is 0 Å². The molecule has 1 fully saturated rings. The van der Waals surface area contributed by atoms with Crippen LogP contribution in [0.3, 0.4) is 0 Å². The molecule has 0 radical (unpaired) electrons. The molecule has 7 heteroatoms. The van der Waals surface area contributed by atoms with Crippen molar-refractivity contribution in [1.82, 2.24) is 5.06 Å². The Hall–Kier alpha value is -2.12. The molecule has 7 nitrogen and oxygen atoms in total. The predicted molar refractivity (Wildman–Crippen MR) is 93.5 cm³/mol. The first kappa shape index (κ1) is 20.2. The zero-order valence-corrected chi connectivity index (χ0v) is 15.7. The van der Waals surface area contributed by atoms with Crippen molar-refractivity contribution in [3.05, 3.63) is 35.9 Å². The fourth-order valence-electron chi connectivity index (χ4n) is 3.10. The van der Waals surface area contributed by atoms with Gasteiger partial charge in [-0.3, -0.25) is 4.79 Å². The van der Waals surface area contributed by atoms with Crippen molar-refractivity contribution in [3.8, 4) is 0 Å². The molecule has 0 aliphatic carbocycles. The van der Waals surface area contributed by atoms with Gasteiger partial charge in [-0.2, -0.15) is 5.06 Å². The summed E-state index contributed by atoms with van der Waals surface area (Å²) in [5.74, 6) is -3.57. The second-order valence-corrected chi connectivity index (χ2v) is 6.62. The molecule has 1 heterocycles. The number of rotatable bonds is 6. The minimum absolute atomic E-state index is 0.0684. The van der Waals surface area contributed by atoms with Crippen LogP contribution >= 0.6 is 0 Å². The number of hydrogen-bond donors (Lipinski definition) is 1. The van der Waals surface area contributed by atoms with Crippen LogP contribution in [0, 0.1) is 11.8 Å². The lowest BCUT2D eigenvalue weighted by Gasteiger charge is -2.28. The first-order chi connectivity index (χ1) is 12.3. The molecule has 1 saturated heterocycles. The van der Waals surface area contributed by atoms with E-state index >= 15 is 0 Å². The minimum atomic E-state index is -1.86. The Balaban J connectivity index is 2.19. The van der Waals surface area contributed by atoms with Gasteiger partial charge in [0, 0.05) is 0 Å². The average molecular weight is 365 g/mol. The standard InChI is InChI=1S/C19H27NO6/c1-5-13(3)16-15(17(21)24-6-2)19(4,23)26-20(16)18(22)25-12-14-10-8-7-9-11-14/h7-11,13,15-16,23H,5-6,12H2,1-4H3/t13?,15-,16+,19?/m0/s1. The number of amides is 1. The molecule has 4 atom stereocenters. The van der Waals surface area contributed by atoms with E-state index in [1.54, 1.807) is 6.92 Å².